The summed E-state index contributed by atoms with van der Waals surface area (Å²) in [4.78, 5) is 14.0. The number of anilines is 2. The molecule has 1 saturated heterocycles. The number of hydrogen-bond acceptors (Lipinski definition) is 5. The fraction of sp³-hybridized carbons (Fsp3) is 0.364. The van der Waals surface area contributed by atoms with Crippen LogP contribution < -0.4 is 10.2 Å². The molecule has 1 aliphatic carbocycles. The first kappa shape index (κ1) is 19.5. The van der Waals surface area contributed by atoms with Crippen LogP contribution in [0.15, 0.2) is 36.4 Å². The standard InChI is InChI=1S/C22H22ClF2N5/c23-20-15(16(24)7-8-17(20)25)13-29-9-11-30(12-10-29)22-21(26-14-5-6-14)27-18-3-1-2-4-19(18)28-22/h1-4,7-8,14H,5-6,9-13H2,(H,26,27). The molecule has 1 aromatic heterocycles. The van der Waals surface area contributed by atoms with Crippen molar-refractivity contribution in [1.29, 1.82) is 0 Å². The Bertz CT molecular complexity index is 1080. The highest BCUT2D eigenvalue weighted by atomic mass is 35.5. The molecular formula is C22H22ClF2N5. The van der Waals surface area contributed by atoms with Crippen LogP contribution >= 0.6 is 11.6 Å². The van der Waals surface area contributed by atoms with Crippen LogP contribution in [0.1, 0.15) is 18.4 Å². The molecular weight excluding hydrogens is 408 g/mol. The second-order valence-corrected chi connectivity index (χ2v) is 8.27. The van der Waals surface area contributed by atoms with Gasteiger partial charge in [0.15, 0.2) is 11.6 Å². The molecule has 1 N–H and O–H groups in total. The molecule has 0 amide bonds. The Morgan fingerprint density at radius 2 is 1.60 bits per heavy atom. The van der Waals surface area contributed by atoms with E-state index in [1.807, 2.05) is 24.3 Å². The van der Waals surface area contributed by atoms with E-state index in [0.29, 0.717) is 19.1 Å². The van der Waals surface area contributed by atoms with Gasteiger partial charge in [0, 0.05) is 44.3 Å². The highest BCUT2D eigenvalue weighted by Crippen LogP contribution is 2.31. The van der Waals surface area contributed by atoms with Crippen molar-refractivity contribution in [3.63, 3.8) is 0 Å². The Morgan fingerprint density at radius 3 is 2.30 bits per heavy atom. The second-order valence-electron chi connectivity index (χ2n) is 7.89. The fourth-order valence-electron chi connectivity index (χ4n) is 3.78. The molecule has 0 atom stereocenters. The Kier molecular flexibility index (Phi) is 5.16. The van der Waals surface area contributed by atoms with Crippen molar-refractivity contribution in [3.8, 4) is 0 Å². The van der Waals surface area contributed by atoms with Crippen LogP contribution in [0.4, 0.5) is 20.4 Å². The van der Waals surface area contributed by atoms with Crippen molar-refractivity contribution < 1.29 is 8.78 Å². The molecule has 2 fully saturated rings. The molecule has 2 aliphatic rings. The Balaban J connectivity index is 1.34. The fourth-order valence-corrected chi connectivity index (χ4v) is 4.00. The van der Waals surface area contributed by atoms with Gasteiger partial charge in [-0.2, -0.15) is 0 Å². The van der Waals surface area contributed by atoms with Crippen molar-refractivity contribution in [3.05, 3.63) is 58.6 Å². The minimum absolute atomic E-state index is 0.131. The molecule has 3 aromatic rings. The van der Waals surface area contributed by atoms with Crippen molar-refractivity contribution in [1.82, 2.24) is 14.9 Å². The topological polar surface area (TPSA) is 44.3 Å². The third-order valence-electron chi connectivity index (χ3n) is 5.66. The number of fused-ring (bicyclic) bond motifs is 1. The van der Waals surface area contributed by atoms with E-state index in [-0.39, 0.29) is 17.1 Å². The zero-order valence-electron chi connectivity index (χ0n) is 16.4. The maximum Gasteiger partial charge on any atom is 0.172 e. The summed E-state index contributed by atoms with van der Waals surface area (Å²) in [6.07, 6.45) is 2.31. The zero-order valence-corrected chi connectivity index (χ0v) is 17.2. The number of hydrogen-bond donors (Lipinski definition) is 1. The summed E-state index contributed by atoms with van der Waals surface area (Å²) in [5, 5.41) is 3.38. The van der Waals surface area contributed by atoms with Crippen LogP contribution in [0, 0.1) is 11.6 Å². The van der Waals surface area contributed by atoms with Gasteiger partial charge in [-0.1, -0.05) is 23.7 Å². The first-order valence-electron chi connectivity index (χ1n) is 10.2. The normalized spacial score (nSPS) is 17.5. The molecule has 2 aromatic carbocycles. The van der Waals surface area contributed by atoms with Gasteiger partial charge in [0.05, 0.1) is 16.1 Å². The Hall–Kier alpha value is -2.51. The lowest BCUT2D eigenvalue weighted by Crippen LogP contribution is -2.46. The largest absolute Gasteiger partial charge is 0.364 e. The molecule has 0 spiro atoms. The molecule has 0 bridgehead atoms. The van der Waals surface area contributed by atoms with E-state index in [0.717, 1.165) is 60.7 Å². The average molecular weight is 430 g/mol. The zero-order chi connectivity index (χ0) is 20.7. The van der Waals surface area contributed by atoms with E-state index in [9.17, 15) is 8.78 Å². The Morgan fingerprint density at radius 1 is 0.933 bits per heavy atom. The van der Waals surface area contributed by atoms with E-state index in [1.54, 1.807) is 0 Å². The number of para-hydroxylation sites is 2. The van der Waals surface area contributed by atoms with Crippen LogP contribution in [-0.4, -0.2) is 47.1 Å². The molecule has 30 heavy (non-hydrogen) atoms. The maximum absolute atomic E-state index is 14.1. The predicted molar refractivity (Wildman–Crippen MR) is 115 cm³/mol. The number of halogens is 3. The van der Waals surface area contributed by atoms with Gasteiger partial charge in [-0.25, -0.2) is 18.7 Å². The van der Waals surface area contributed by atoms with Crippen LogP contribution in [0.5, 0.6) is 0 Å². The summed E-state index contributed by atoms with van der Waals surface area (Å²) in [7, 11) is 0. The lowest BCUT2D eigenvalue weighted by atomic mass is 10.1. The summed E-state index contributed by atoms with van der Waals surface area (Å²) in [6.45, 7) is 3.13. The number of aromatic nitrogens is 2. The predicted octanol–water partition coefficient (Wildman–Crippen LogP) is 4.46. The molecule has 156 valence electrons. The van der Waals surface area contributed by atoms with Crippen LogP contribution in [0.2, 0.25) is 5.02 Å². The molecule has 1 saturated carbocycles. The SMILES string of the molecule is Fc1ccc(F)c(CN2CCN(c3nc4ccccc4nc3NC3CC3)CC2)c1Cl. The number of benzene rings is 2. The van der Waals surface area contributed by atoms with Gasteiger partial charge in [-0.05, 0) is 37.1 Å². The van der Waals surface area contributed by atoms with Crippen molar-refractivity contribution in [2.75, 3.05) is 36.4 Å². The highest BCUT2D eigenvalue weighted by Gasteiger charge is 2.27. The van der Waals surface area contributed by atoms with Crippen molar-refractivity contribution in [2.45, 2.75) is 25.4 Å². The van der Waals surface area contributed by atoms with Crippen LogP contribution in [0.25, 0.3) is 11.0 Å². The smallest absolute Gasteiger partial charge is 0.172 e. The third kappa shape index (κ3) is 3.91. The van der Waals surface area contributed by atoms with Crippen molar-refractivity contribution >= 4 is 34.3 Å². The van der Waals surface area contributed by atoms with Gasteiger partial charge in [-0.3, -0.25) is 4.90 Å². The minimum Gasteiger partial charge on any atom is -0.364 e. The van der Waals surface area contributed by atoms with E-state index >= 15 is 0 Å². The third-order valence-corrected chi connectivity index (χ3v) is 6.07. The average Bonchev–Trinajstić information content (AvgIpc) is 3.58. The number of nitrogens with one attached hydrogen (secondary N) is 1. The molecule has 1 aliphatic heterocycles. The number of nitrogens with zero attached hydrogens (tertiary/aromatic N) is 4. The quantitative estimate of drug-likeness (QED) is 0.607. The number of rotatable bonds is 5. The van der Waals surface area contributed by atoms with Gasteiger partial charge < -0.3 is 10.2 Å². The van der Waals surface area contributed by atoms with Gasteiger partial charge >= 0.3 is 0 Å². The molecule has 0 unspecified atom stereocenters. The van der Waals surface area contributed by atoms with Gasteiger partial charge in [0.2, 0.25) is 0 Å². The first-order valence-corrected chi connectivity index (χ1v) is 10.6. The molecule has 5 rings (SSSR count). The van der Waals surface area contributed by atoms with Gasteiger partial charge in [-0.15, -0.1) is 0 Å². The minimum atomic E-state index is -0.589. The summed E-state index contributed by atoms with van der Waals surface area (Å²) in [5.74, 6) is 0.619. The summed E-state index contributed by atoms with van der Waals surface area (Å²) in [6, 6.07) is 10.5. The summed E-state index contributed by atoms with van der Waals surface area (Å²) >= 11 is 5.99. The number of piperazine rings is 1. The van der Waals surface area contributed by atoms with Gasteiger partial charge in [0.1, 0.15) is 11.6 Å². The molecule has 5 nitrogen and oxygen atoms in total. The first-order chi connectivity index (χ1) is 14.6. The van der Waals surface area contributed by atoms with E-state index in [1.165, 1.54) is 0 Å². The van der Waals surface area contributed by atoms with Crippen LogP contribution in [0.3, 0.4) is 0 Å². The second kappa shape index (κ2) is 7.96. The molecule has 2 heterocycles. The summed E-state index contributed by atoms with van der Waals surface area (Å²) in [5.41, 5.74) is 1.95. The lowest BCUT2D eigenvalue weighted by molar-refractivity contribution is 0.246. The van der Waals surface area contributed by atoms with E-state index in [2.05, 4.69) is 15.1 Å². The lowest BCUT2D eigenvalue weighted by Gasteiger charge is -2.36. The van der Waals surface area contributed by atoms with Crippen molar-refractivity contribution in [2.24, 2.45) is 0 Å². The van der Waals surface area contributed by atoms with Gasteiger partial charge in [0.25, 0.3) is 0 Å². The molecule has 0 radical (unpaired) electrons. The monoisotopic (exact) mass is 429 g/mol. The maximum atomic E-state index is 14.1. The van der Waals surface area contributed by atoms with E-state index < -0.39 is 11.6 Å². The summed E-state index contributed by atoms with van der Waals surface area (Å²) < 4.78 is 27.9. The highest BCUT2D eigenvalue weighted by molar-refractivity contribution is 6.31. The van der Waals surface area contributed by atoms with Crippen LogP contribution in [-0.2, 0) is 6.54 Å². The molecule has 8 heteroatoms. The Labute approximate surface area is 178 Å². The van der Waals surface area contributed by atoms with E-state index in [4.69, 9.17) is 21.6 Å².